The second kappa shape index (κ2) is 7.46. The highest BCUT2D eigenvalue weighted by atomic mass is 35.5. The van der Waals surface area contributed by atoms with Crippen molar-refractivity contribution in [3.63, 3.8) is 0 Å². The van der Waals surface area contributed by atoms with E-state index in [-0.39, 0.29) is 11.2 Å². The van der Waals surface area contributed by atoms with Gasteiger partial charge in [0, 0.05) is 28.7 Å². The molecule has 1 aromatic carbocycles. The van der Waals surface area contributed by atoms with Crippen molar-refractivity contribution in [2.75, 3.05) is 5.32 Å². The topological polar surface area (TPSA) is 83.6 Å². The van der Waals surface area contributed by atoms with E-state index in [2.05, 4.69) is 25.5 Å². The van der Waals surface area contributed by atoms with Crippen LogP contribution in [0.3, 0.4) is 0 Å². The largest absolute Gasteiger partial charge is 0.325 e. The maximum Gasteiger partial charge on any atom is 0.237 e. The number of halogens is 1. The van der Waals surface area contributed by atoms with Crippen LogP contribution in [0.1, 0.15) is 6.92 Å². The molecule has 1 unspecified atom stereocenters. The summed E-state index contributed by atoms with van der Waals surface area (Å²) in [4.78, 5) is 20.6. The predicted octanol–water partition coefficient (Wildman–Crippen LogP) is 3.64. The summed E-state index contributed by atoms with van der Waals surface area (Å²) in [6.45, 7) is 1.80. The zero-order valence-corrected chi connectivity index (χ0v) is 14.3. The van der Waals surface area contributed by atoms with E-state index in [1.54, 1.807) is 43.6 Å². The summed E-state index contributed by atoms with van der Waals surface area (Å²) in [5.41, 5.74) is 1.59. The molecule has 2 N–H and O–H groups in total. The molecule has 0 saturated carbocycles. The number of hydrogen-bond acceptors (Lipinski definition) is 5. The molecule has 2 heterocycles. The highest BCUT2D eigenvalue weighted by molar-refractivity contribution is 8.00. The van der Waals surface area contributed by atoms with Gasteiger partial charge in [0.05, 0.1) is 5.25 Å². The molecule has 1 amide bonds. The summed E-state index contributed by atoms with van der Waals surface area (Å²) in [6.07, 6.45) is 3.37. The first kappa shape index (κ1) is 16.5. The molecule has 0 spiro atoms. The number of hydrogen-bond donors (Lipinski definition) is 2. The van der Waals surface area contributed by atoms with E-state index >= 15 is 0 Å². The van der Waals surface area contributed by atoms with Crippen LogP contribution in [-0.2, 0) is 4.79 Å². The van der Waals surface area contributed by atoms with E-state index in [4.69, 9.17) is 11.6 Å². The second-order valence-corrected chi connectivity index (χ2v) is 6.70. The van der Waals surface area contributed by atoms with Crippen LogP contribution in [0.4, 0.5) is 5.69 Å². The minimum atomic E-state index is -0.346. The van der Waals surface area contributed by atoms with E-state index < -0.39 is 0 Å². The van der Waals surface area contributed by atoms with Crippen LogP contribution in [0.2, 0.25) is 5.02 Å². The van der Waals surface area contributed by atoms with Gasteiger partial charge < -0.3 is 5.32 Å². The quantitative estimate of drug-likeness (QED) is 0.679. The number of aromatic nitrogens is 4. The maximum absolute atomic E-state index is 12.2. The number of amides is 1. The Kier molecular flexibility index (Phi) is 5.12. The van der Waals surface area contributed by atoms with E-state index in [9.17, 15) is 4.79 Å². The van der Waals surface area contributed by atoms with Crippen molar-refractivity contribution < 1.29 is 4.79 Å². The molecular weight excluding hydrogens is 346 g/mol. The normalized spacial score (nSPS) is 11.9. The van der Waals surface area contributed by atoms with Crippen molar-refractivity contribution in [1.29, 1.82) is 0 Å². The van der Waals surface area contributed by atoms with Crippen LogP contribution < -0.4 is 5.32 Å². The number of nitrogens with zero attached hydrogens (tertiary/aromatic N) is 3. The third-order valence-corrected chi connectivity index (χ3v) is 4.39. The fourth-order valence-electron chi connectivity index (χ4n) is 1.93. The molecule has 6 nitrogen and oxygen atoms in total. The molecule has 3 aromatic rings. The van der Waals surface area contributed by atoms with Crippen LogP contribution >= 0.6 is 23.4 Å². The van der Waals surface area contributed by atoms with Crippen molar-refractivity contribution in [3.8, 4) is 11.4 Å². The van der Waals surface area contributed by atoms with Gasteiger partial charge in [-0.25, -0.2) is 4.98 Å². The molecule has 1 atom stereocenters. The van der Waals surface area contributed by atoms with Gasteiger partial charge in [-0.2, -0.15) is 0 Å². The number of benzene rings is 1. The van der Waals surface area contributed by atoms with Crippen LogP contribution in [0.15, 0.2) is 53.9 Å². The number of nitrogens with one attached hydrogen (secondary N) is 2. The summed E-state index contributed by atoms with van der Waals surface area (Å²) in [5, 5.41) is 10.6. The molecule has 0 saturated heterocycles. The van der Waals surface area contributed by atoms with Crippen molar-refractivity contribution in [2.45, 2.75) is 17.3 Å². The predicted molar refractivity (Wildman–Crippen MR) is 95.0 cm³/mol. The van der Waals surface area contributed by atoms with Gasteiger partial charge in [-0.3, -0.25) is 14.9 Å². The molecule has 24 heavy (non-hydrogen) atoms. The minimum Gasteiger partial charge on any atom is -0.325 e. The van der Waals surface area contributed by atoms with Gasteiger partial charge in [0.2, 0.25) is 11.1 Å². The third kappa shape index (κ3) is 4.12. The minimum absolute atomic E-state index is 0.127. The van der Waals surface area contributed by atoms with Gasteiger partial charge in [0.15, 0.2) is 5.82 Å². The molecule has 8 heteroatoms. The lowest BCUT2D eigenvalue weighted by atomic mass is 10.3. The highest BCUT2D eigenvalue weighted by Gasteiger charge is 2.17. The number of aromatic amines is 1. The summed E-state index contributed by atoms with van der Waals surface area (Å²) in [6, 6.07) is 10.6. The van der Waals surface area contributed by atoms with Gasteiger partial charge in [-0.1, -0.05) is 23.4 Å². The van der Waals surface area contributed by atoms with E-state index in [0.29, 0.717) is 21.7 Å². The van der Waals surface area contributed by atoms with E-state index in [1.165, 1.54) is 11.8 Å². The summed E-state index contributed by atoms with van der Waals surface area (Å²) < 4.78 is 0. The highest BCUT2D eigenvalue weighted by Crippen LogP contribution is 2.23. The Morgan fingerprint density at radius 2 is 1.92 bits per heavy atom. The molecule has 0 aliphatic heterocycles. The summed E-state index contributed by atoms with van der Waals surface area (Å²) in [5.74, 6) is 0.516. The van der Waals surface area contributed by atoms with Crippen LogP contribution in [-0.4, -0.2) is 31.3 Å². The number of carbonyl (C=O) groups excluding carboxylic acids is 1. The standard InChI is InChI=1S/C16H14ClN5OS/c1-10(15(23)19-13-4-2-12(17)3-5-13)24-16-20-14(21-22-16)11-6-8-18-9-7-11/h2-10H,1H3,(H,19,23)(H,20,21,22). The van der Waals surface area contributed by atoms with Gasteiger partial charge in [-0.05, 0) is 43.3 Å². The van der Waals surface area contributed by atoms with Gasteiger partial charge in [0.1, 0.15) is 0 Å². The van der Waals surface area contributed by atoms with Gasteiger partial charge >= 0.3 is 0 Å². The molecule has 0 aliphatic carbocycles. The molecule has 0 fully saturated rings. The molecule has 122 valence electrons. The van der Waals surface area contributed by atoms with Crippen molar-refractivity contribution >= 4 is 35.0 Å². The van der Waals surface area contributed by atoms with Gasteiger partial charge in [0.25, 0.3) is 0 Å². The average Bonchev–Trinajstić information content (AvgIpc) is 3.06. The molecule has 2 aromatic heterocycles. The lowest BCUT2D eigenvalue weighted by molar-refractivity contribution is -0.115. The molecular formula is C16H14ClN5OS. The number of thioether (sulfide) groups is 1. The Labute approximate surface area is 148 Å². The van der Waals surface area contributed by atoms with Crippen LogP contribution in [0, 0.1) is 0 Å². The van der Waals surface area contributed by atoms with Crippen LogP contribution in [0.25, 0.3) is 11.4 Å². The van der Waals surface area contributed by atoms with Crippen molar-refractivity contribution in [2.24, 2.45) is 0 Å². The Morgan fingerprint density at radius 3 is 2.62 bits per heavy atom. The molecule has 0 aliphatic rings. The second-order valence-electron chi connectivity index (χ2n) is 4.96. The molecule has 0 bridgehead atoms. The number of carbonyl (C=O) groups is 1. The number of anilines is 1. The Hall–Kier alpha value is -2.38. The summed E-state index contributed by atoms with van der Waals surface area (Å²) in [7, 11) is 0. The maximum atomic E-state index is 12.2. The third-order valence-electron chi connectivity index (χ3n) is 3.18. The number of H-pyrrole nitrogens is 1. The average molecular weight is 360 g/mol. The Morgan fingerprint density at radius 1 is 1.21 bits per heavy atom. The zero-order valence-electron chi connectivity index (χ0n) is 12.7. The van der Waals surface area contributed by atoms with Gasteiger partial charge in [-0.15, -0.1) is 5.10 Å². The first-order valence-corrected chi connectivity index (χ1v) is 8.43. The van der Waals surface area contributed by atoms with Crippen molar-refractivity contribution in [3.05, 3.63) is 53.8 Å². The first-order valence-electron chi connectivity index (χ1n) is 7.18. The lowest BCUT2D eigenvalue weighted by Crippen LogP contribution is -2.22. The van der Waals surface area contributed by atoms with E-state index in [0.717, 1.165) is 5.56 Å². The lowest BCUT2D eigenvalue weighted by Gasteiger charge is -2.10. The number of pyridine rings is 1. The van der Waals surface area contributed by atoms with E-state index in [1.807, 2.05) is 12.1 Å². The molecule has 3 rings (SSSR count). The zero-order chi connectivity index (χ0) is 16.9. The smallest absolute Gasteiger partial charge is 0.237 e. The Bertz CT molecular complexity index is 822. The first-order chi connectivity index (χ1) is 11.6. The summed E-state index contributed by atoms with van der Waals surface area (Å²) >= 11 is 7.11. The Balaban J connectivity index is 1.62. The van der Waals surface area contributed by atoms with Crippen molar-refractivity contribution in [1.82, 2.24) is 20.2 Å². The SMILES string of the molecule is CC(Sc1n[nH]c(-c2ccncc2)n1)C(=O)Nc1ccc(Cl)cc1. The number of rotatable bonds is 5. The fraction of sp³-hybridized carbons (Fsp3) is 0.125. The fourth-order valence-corrected chi connectivity index (χ4v) is 2.78. The monoisotopic (exact) mass is 359 g/mol. The molecule has 0 radical (unpaired) electrons. The van der Waals surface area contributed by atoms with Crippen LogP contribution in [0.5, 0.6) is 0 Å².